The first-order valence-corrected chi connectivity index (χ1v) is 7.83. The average Bonchev–Trinajstić information content (AvgIpc) is 3.01. The maximum atomic E-state index is 5.24. The summed E-state index contributed by atoms with van der Waals surface area (Å²) in [5.74, 6) is 1.48. The molecule has 2 rings (SSSR count). The predicted octanol–water partition coefficient (Wildman–Crippen LogP) is 3.84. The summed E-state index contributed by atoms with van der Waals surface area (Å²) in [7, 11) is 0. The molecule has 0 fully saturated rings. The van der Waals surface area contributed by atoms with Crippen LogP contribution < -0.4 is 5.32 Å². The van der Waals surface area contributed by atoms with Gasteiger partial charge in [0, 0.05) is 24.0 Å². The van der Waals surface area contributed by atoms with Crippen LogP contribution >= 0.6 is 0 Å². The molecule has 2 aromatic rings. The molecule has 2 aromatic heterocycles. The Hall–Kier alpha value is -1.55. The van der Waals surface area contributed by atoms with Crippen LogP contribution in [0, 0.1) is 19.8 Å². The van der Waals surface area contributed by atoms with E-state index < -0.39 is 0 Å². The fourth-order valence-corrected chi connectivity index (χ4v) is 2.69. The summed E-state index contributed by atoms with van der Waals surface area (Å²) in [6, 6.07) is 2.63. The maximum absolute atomic E-state index is 5.24. The highest BCUT2D eigenvalue weighted by Crippen LogP contribution is 2.23. The molecular weight excluding hydrogens is 262 g/mol. The second kappa shape index (κ2) is 6.94. The SMILES string of the molecule is CCCNC(c1ccn(Cc2c(C)noc2C)c1)C(C)C. The van der Waals surface area contributed by atoms with E-state index in [2.05, 4.69) is 54.3 Å². The van der Waals surface area contributed by atoms with E-state index in [1.165, 1.54) is 11.1 Å². The van der Waals surface area contributed by atoms with E-state index >= 15 is 0 Å². The monoisotopic (exact) mass is 289 g/mol. The van der Waals surface area contributed by atoms with Crippen molar-refractivity contribution >= 4 is 0 Å². The van der Waals surface area contributed by atoms with Gasteiger partial charge in [0.15, 0.2) is 0 Å². The zero-order valence-corrected chi connectivity index (χ0v) is 13.8. The molecule has 1 N–H and O–H groups in total. The summed E-state index contributed by atoms with van der Waals surface area (Å²) in [5, 5.41) is 7.66. The predicted molar refractivity (Wildman–Crippen MR) is 85.4 cm³/mol. The Morgan fingerprint density at radius 1 is 1.33 bits per heavy atom. The fourth-order valence-electron chi connectivity index (χ4n) is 2.69. The van der Waals surface area contributed by atoms with Crippen LogP contribution in [0.4, 0.5) is 0 Å². The highest BCUT2D eigenvalue weighted by molar-refractivity contribution is 5.23. The molecule has 0 radical (unpaired) electrons. The van der Waals surface area contributed by atoms with Gasteiger partial charge in [0.1, 0.15) is 5.76 Å². The van der Waals surface area contributed by atoms with E-state index in [4.69, 9.17) is 4.52 Å². The van der Waals surface area contributed by atoms with Crippen molar-refractivity contribution in [1.29, 1.82) is 0 Å². The number of aryl methyl sites for hydroxylation is 2. The third-order valence-electron chi connectivity index (χ3n) is 3.94. The molecule has 116 valence electrons. The Morgan fingerprint density at radius 2 is 2.10 bits per heavy atom. The lowest BCUT2D eigenvalue weighted by molar-refractivity contribution is 0.392. The third kappa shape index (κ3) is 3.76. The minimum atomic E-state index is 0.413. The van der Waals surface area contributed by atoms with Gasteiger partial charge in [0.05, 0.1) is 12.2 Å². The maximum Gasteiger partial charge on any atom is 0.138 e. The van der Waals surface area contributed by atoms with Crippen LogP contribution in [0.5, 0.6) is 0 Å². The van der Waals surface area contributed by atoms with Gasteiger partial charge in [-0.3, -0.25) is 0 Å². The van der Waals surface area contributed by atoms with Gasteiger partial charge in [-0.15, -0.1) is 0 Å². The number of nitrogens with one attached hydrogen (secondary N) is 1. The molecule has 0 aliphatic heterocycles. The van der Waals surface area contributed by atoms with Crippen LogP contribution in [-0.4, -0.2) is 16.3 Å². The molecule has 0 bridgehead atoms. The van der Waals surface area contributed by atoms with Crippen molar-refractivity contribution in [2.75, 3.05) is 6.54 Å². The topological polar surface area (TPSA) is 43.0 Å². The van der Waals surface area contributed by atoms with Gasteiger partial charge < -0.3 is 14.4 Å². The summed E-state index contributed by atoms with van der Waals surface area (Å²) in [6.45, 7) is 12.6. The lowest BCUT2D eigenvalue weighted by Gasteiger charge is -2.21. The van der Waals surface area contributed by atoms with Crippen LogP contribution in [0.2, 0.25) is 0 Å². The smallest absolute Gasteiger partial charge is 0.138 e. The number of hydrogen-bond donors (Lipinski definition) is 1. The Bertz CT molecular complexity index is 549. The molecule has 4 nitrogen and oxygen atoms in total. The second-order valence-corrected chi connectivity index (χ2v) is 6.10. The molecule has 0 saturated heterocycles. The molecule has 0 aromatic carbocycles. The van der Waals surface area contributed by atoms with E-state index in [0.717, 1.165) is 31.0 Å². The van der Waals surface area contributed by atoms with Crippen molar-refractivity contribution in [2.24, 2.45) is 5.92 Å². The van der Waals surface area contributed by atoms with Gasteiger partial charge >= 0.3 is 0 Å². The van der Waals surface area contributed by atoms with E-state index in [0.29, 0.717) is 12.0 Å². The van der Waals surface area contributed by atoms with Crippen molar-refractivity contribution in [3.63, 3.8) is 0 Å². The van der Waals surface area contributed by atoms with Crippen LogP contribution in [-0.2, 0) is 6.54 Å². The highest BCUT2D eigenvalue weighted by Gasteiger charge is 2.16. The van der Waals surface area contributed by atoms with Crippen molar-refractivity contribution in [1.82, 2.24) is 15.0 Å². The molecule has 0 aliphatic carbocycles. The first kappa shape index (κ1) is 15.8. The molecule has 0 amide bonds. The van der Waals surface area contributed by atoms with Crippen molar-refractivity contribution in [3.05, 3.63) is 41.0 Å². The first-order valence-electron chi connectivity index (χ1n) is 7.83. The van der Waals surface area contributed by atoms with Crippen LogP contribution in [0.25, 0.3) is 0 Å². The van der Waals surface area contributed by atoms with Gasteiger partial charge in [-0.2, -0.15) is 0 Å². The van der Waals surface area contributed by atoms with Crippen LogP contribution in [0.15, 0.2) is 23.0 Å². The molecule has 0 aliphatic rings. The molecule has 0 spiro atoms. The van der Waals surface area contributed by atoms with Crippen molar-refractivity contribution < 1.29 is 4.52 Å². The number of aromatic nitrogens is 2. The second-order valence-electron chi connectivity index (χ2n) is 6.10. The summed E-state index contributed by atoms with van der Waals surface area (Å²) in [4.78, 5) is 0. The number of nitrogens with zero attached hydrogens (tertiary/aromatic N) is 2. The quantitative estimate of drug-likeness (QED) is 0.842. The van der Waals surface area contributed by atoms with Gasteiger partial charge in [0.25, 0.3) is 0 Å². The highest BCUT2D eigenvalue weighted by atomic mass is 16.5. The van der Waals surface area contributed by atoms with Gasteiger partial charge in [-0.05, 0) is 44.4 Å². The zero-order chi connectivity index (χ0) is 15.4. The molecule has 2 heterocycles. The molecule has 4 heteroatoms. The Kier molecular flexibility index (Phi) is 5.23. The molecule has 21 heavy (non-hydrogen) atoms. The molecule has 0 saturated carbocycles. The fraction of sp³-hybridized carbons (Fsp3) is 0.588. The van der Waals surface area contributed by atoms with E-state index in [-0.39, 0.29) is 0 Å². The lowest BCUT2D eigenvalue weighted by Crippen LogP contribution is -2.26. The average molecular weight is 289 g/mol. The van der Waals surface area contributed by atoms with Gasteiger partial charge in [-0.25, -0.2) is 0 Å². The summed E-state index contributed by atoms with van der Waals surface area (Å²) in [6.07, 6.45) is 5.53. The Labute approximate surface area is 127 Å². The van der Waals surface area contributed by atoms with Crippen molar-refractivity contribution in [2.45, 2.75) is 53.6 Å². The van der Waals surface area contributed by atoms with Crippen LogP contribution in [0.3, 0.4) is 0 Å². The van der Waals surface area contributed by atoms with Gasteiger partial charge in [0.2, 0.25) is 0 Å². The van der Waals surface area contributed by atoms with Crippen LogP contribution in [0.1, 0.15) is 55.8 Å². The minimum absolute atomic E-state index is 0.413. The van der Waals surface area contributed by atoms with E-state index in [9.17, 15) is 0 Å². The third-order valence-corrected chi connectivity index (χ3v) is 3.94. The summed E-state index contributed by atoms with van der Waals surface area (Å²) < 4.78 is 7.45. The largest absolute Gasteiger partial charge is 0.361 e. The Morgan fingerprint density at radius 3 is 2.67 bits per heavy atom. The normalized spacial score (nSPS) is 13.0. The minimum Gasteiger partial charge on any atom is -0.361 e. The Balaban J connectivity index is 2.13. The first-order chi connectivity index (χ1) is 10.0. The zero-order valence-electron chi connectivity index (χ0n) is 13.8. The summed E-state index contributed by atoms with van der Waals surface area (Å²) >= 11 is 0. The molecular formula is C17H27N3O. The van der Waals surface area contributed by atoms with E-state index in [1.807, 2.05) is 13.8 Å². The van der Waals surface area contributed by atoms with Gasteiger partial charge in [-0.1, -0.05) is 25.9 Å². The van der Waals surface area contributed by atoms with Crippen molar-refractivity contribution in [3.8, 4) is 0 Å². The van der Waals surface area contributed by atoms with E-state index in [1.54, 1.807) is 0 Å². The molecule has 1 unspecified atom stereocenters. The number of hydrogen-bond acceptors (Lipinski definition) is 3. The lowest BCUT2D eigenvalue weighted by atomic mass is 9.98. The summed E-state index contributed by atoms with van der Waals surface area (Å²) in [5.41, 5.74) is 3.51. The number of rotatable bonds is 7. The standard InChI is InChI=1S/C17H27N3O/c1-6-8-18-17(12(2)3)15-7-9-20(10-15)11-16-13(4)19-21-14(16)5/h7,9-10,12,17-18H,6,8,11H2,1-5H3. The molecule has 1 atom stereocenters.